The molecule has 1 N–H and O–H groups in total. The van der Waals surface area contributed by atoms with Gasteiger partial charge in [-0.1, -0.05) is 29.0 Å². The van der Waals surface area contributed by atoms with Crippen molar-refractivity contribution in [2.75, 3.05) is 24.6 Å². The lowest BCUT2D eigenvalue weighted by Crippen LogP contribution is -2.29. The second-order valence-corrected chi connectivity index (χ2v) is 5.29. The average molecular weight is 313 g/mol. The van der Waals surface area contributed by atoms with Gasteiger partial charge in [-0.15, -0.1) is 0 Å². The molecule has 0 aromatic rings. The van der Waals surface area contributed by atoms with Crippen LogP contribution in [0.3, 0.4) is 0 Å². The molecular weight excluding hydrogens is 289 g/mol. The summed E-state index contributed by atoms with van der Waals surface area (Å²) < 4.78 is 6.63. The third-order valence-electron chi connectivity index (χ3n) is 2.44. The van der Waals surface area contributed by atoms with E-state index in [1.165, 1.54) is 23.7 Å². The quantitative estimate of drug-likeness (QED) is 0.401. The lowest BCUT2D eigenvalue weighted by Gasteiger charge is -2.22. The monoisotopic (exact) mass is 313 g/mol. The molecule has 0 unspecified atom stereocenters. The minimum absolute atomic E-state index is 0.0230. The molecule has 0 radical (unpaired) electrons. The van der Waals surface area contributed by atoms with Crippen LogP contribution in [0, 0.1) is 0 Å². The zero-order chi connectivity index (χ0) is 10.9. The molecule has 0 rings (SSSR count). The van der Waals surface area contributed by atoms with E-state index in [2.05, 4.69) is 41.8 Å². The number of rotatable bonds is 9. The smallest absolute Gasteiger partial charge is 0.0634 e. The number of hydrogen-bond acceptors (Lipinski definition) is 2. The van der Waals surface area contributed by atoms with Gasteiger partial charge in [0.25, 0.3) is 0 Å². The first-order valence-electron chi connectivity index (χ1n) is 5.44. The molecule has 0 heterocycles. The summed E-state index contributed by atoms with van der Waals surface area (Å²) in [6.07, 6.45) is 5.08. The second kappa shape index (κ2) is 8.92. The van der Waals surface area contributed by atoms with Gasteiger partial charge in [0.05, 0.1) is 5.60 Å². The fourth-order valence-corrected chi connectivity index (χ4v) is 1.68. The van der Waals surface area contributed by atoms with Crippen molar-refractivity contribution in [2.45, 2.75) is 45.1 Å². The Morgan fingerprint density at radius 1 is 1.14 bits per heavy atom. The lowest BCUT2D eigenvalue weighted by molar-refractivity contribution is 0.0159. The zero-order valence-corrected chi connectivity index (χ0v) is 11.9. The van der Waals surface area contributed by atoms with Crippen molar-refractivity contribution in [3.63, 3.8) is 0 Å². The van der Waals surface area contributed by atoms with Gasteiger partial charge in [-0.2, -0.15) is 0 Å². The molecule has 0 spiro atoms. The largest absolute Gasteiger partial charge is 0.379 e. The fourth-order valence-electron chi connectivity index (χ4n) is 1.14. The Bertz CT molecular complexity index is 128. The number of alkyl halides is 1. The van der Waals surface area contributed by atoms with Crippen LogP contribution in [-0.4, -0.2) is 30.2 Å². The Morgan fingerprint density at radius 2 is 1.86 bits per heavy atom. The number of nitrogens with one attached hydrogen (secondary N) is 1. The maximum atomic E-state index is 5.34. The Balaban J connectivity index is 3.13. The van der Waals surface area contributed by atoms with Crippen LogP contribution < -0.4 is 5.32 Å². The number of methoxy groups -OCH3 is 1. The van der Waals surface area contributed by atoms with Crippen molar-refractivity contribution >= 4 is 22.6 Å². The van der Waals surface area contributed by atoms with Crippen LogP contribution in [0.4, 0.5) is 0 Å². The van der Waals surface area contributed by atoms with Crippen LogP contribution in [0.25, 0.3) is 0 Å². The number of ether oxygens (including phenoxy) is 1. The van der Waals surface area contributed by atoms with E-state index < -0.39 is 0 Å². The highest BCUT2D eigenvalue weighted by Crippen LogP contribution is 2.11. The minimum atomic E-state index is 0.0230. The highest BCUT2D eigenvalue weighted by Gasteiger charge is 2.14. The van der Waals surface area contributed by atoms with Crippen molar-refractivity contribution in [2.24, 2.45) is 0 Å². The first-order valence-corrected chi connectivity index (χ1v) is 6.97. The molecule has 0 aromatic carbocycles. The molecule has 0 bridgehead atoms. The van der Waals surface area contributed by atoms with Crippen LogP contribution >= 0.6 is 22.6 Å². The SMILES string of the molecule is COC(C)(C)CCNCCCCCI. The Hall–Kier alpha value is 0.650. The Morgan fingerprint density at radius 3 is 2.43 bits per heavy atom. The van der Waals surface area contributed by atoms with Gasteiger partial charge in [0.15, 0.2) is 0 Å². The highest BCUT2D eigenvalue weighted by atomic mass is 127. The van der Waals surface area contributed by atoms with Gasteiger partial charge in [0.2, 0.25) is 0 Å². The van der Waals surface area contributed by atoms with Crippen molar-refractivity contribution in [1.29, 1.82) is 0 Å². The second-order valence-electron chi connectivity index (χ2n) is 4.21. The normalized spacial score (nSPS) is 12.0. The van der Waals surface area contributed by atoms with Crippen LogP contribution in [-0.2, 0) is 4.74 Å². The van der Waals surface area contributed by atoms with E-state index in [-0.39, 0.29) is 5.60 Å². The summed E-state index contributed by atoms with van der Waals surface area (Å²) in [4.78, 5) is 0. The van der Waals surface area contributed by atoms with Gasteiger partial charge in [0.1, 0.15) is 0 Å². The van der Waals surface area contributed by atoms with Gasteiger partial charge in [-0.25, -0.2) is 0 Å². The van der Waals surface area contributed by atoms with Crippen LogP contribution in [0.5, 0.6) is 0 Å². The highest BCUT2D eigenvalue weighted by molar-refractivity contribution is 14.1. The standard InChI is InChI=1S/C11H24INO/c1-11(2,14-3)7-10-13-9-6-4-5-8-12/h13H,4-10H2,1-3H3. The Labute approximate surface area is 102 Å². The van der Waals surface area contributed by atoms with Crippen LogP contribution in [0.15, 0.2) is 0 Å². The van der Waals surface area contributed by atoms with Gasteiger partial charge in [-0.3, -0.25) is 0 Å². The summed E-state index contributed by atoms with van der Waals surface area (Å²) in [5.41, 5.74) is 0.0230. The molecule has 86 valence electrons. The third-order valence-corrected chi connectivity index (χ3v) is 3.21. The van der Waals surface area contributed by atoms with E-state index in [4.69, 9.17) is 4.74 Å². The Kier molecular flexibility index (Phi) is 9.33. The predicted molar refractivity (Wildman–Crippen MR) is 71.3 cm³/mol. The first-order chi connectivity index (χ1) is 6.62. The molecule has 0 saturated carbocycles. The molecule has 0 fully saturated rings. The van der Waals surface area contributed by atoms with Crippen molar-refractivity contribution in [3.05, 3.63) is 0 Å². The molecule has 0 aliphatic carbocycles. The zero-order valence-electron chi connectivity index (χ0n) is 9.74. The van der Waals surface area contributed by atoms with Gasteiger partial charge >= 0.3 is 0 Å². The number of unbranched alkanes of at least 4 members (excludes halogenated alkanes) is 2. The predicted octanol–water partition coefficient (Wildman–Crippen LogP) is 3.00. The summed E-state index contributed by atoms with van der Waals surface area (Å²) in [5, 5.41) is 3.45. The van der Waals surface area contributed by atoms with Gasteiger partial charge in [0, 0.05) is 7.11 Å². The lowest BCUT2D eigenvalue weighted by atomic mass is 10.1. The number of halogens is 1. The molecule has 0 aliphatic heterocycles. The van der Waals surface area contributed by atoms with E-state index in [9.17, 15) is 0 Å². The summed E-state index contributed by atoms with van der Waals surface area (Å²) >= 11 is 2.43. The molecular formula is C11H24INO. The number of hydrogen-bond donors (Lipinski definition) is 1. The summed E-state index contributed by atoms with van der Waals surface area (Å²) in [6, 6.07) is 0. The van der Waals surface area contributed by atoms with E-state index >= 15 is 0 Å². The molecule has 3 heteroatoms. The molecule has 14 heavy (non-hydrogen) atoms. The maximum Gasteiger partial charge on any atom is 0.0634 e. The first kappa shape index (κ1) is 14.6. The minimum Gasteiger partial charge on any atom is -0.379 e. The summed E-state index contributed by atoms with van der Waals surface area (Å²) in [5.74, 6) is 0. The fraction of sp³-hybridized carbons (Fsp3) is 1.00. The summed E-state index contributed by atoms with van der Waals surface area (Å²) in [7, 11) is 1.78. The third kappa shape index (κ3) is 9.21. The van der Waals surface area contributed by atoms with Gasteiger partial charge in [-0.05, 0) is 50.6 Å². The van der Waals surface area contributed by atoms with E-state index in [0.717, 1.165) is 19.5 Å². The van der Waals surface area contributed by atoms with Crippen molar-refractivity contribution < 1.29 is 4.74 Å². The molecule has 0 aromatic heterocycles. The molecule has 0 atom stereocenters. The van der Waals surface area contributed by atoms with Crippen LogP contribution in [0.1, 0.15) is 39.5 Å². The topological polar surface area (TPSA) is 21.3 Å². The maximum absolute atomic E-state index is 5.34. The molecule has 0 saturated heterocycles. The van der Waals surface area contributed by atoms with E-state index in [1.807, 2.05) is 0 Å². The van der Waals surface area contributed by atoms with Gasteiger partial charge < -0.3 is 10.1 Å². The molecule has 0 aliphatic rings. The van der Waals surface area contributed by atoms with E-state index in [0.29, 0.717) is 0 Å². The average Bonchev–Trinajstić information content (AvgIpc) is 2.16. The van der Waals surface area contributed by atoms with Crippen LogP contribution in [0.2, 0.25) is 0 Å². The van der Waals surface area contributed by atoms with Crippen molar-refractivity contribution in [3.8, 4) is 0 Å². The van der Waals surface area contributed by atoms with E-state index in [1.54, 1.807) is 7.11 Å². The summed E-state index contributed by atoms with van der Waals surface area (Å²) in [6.45, 7) is 6.47. The molecule has 2 nitrogen and oxygen atoms in total. The molecule has 0 amide bonds. The van der Waals surface area contributed by atoms with Crippen molar-refractivity contribution in [1.82, 2.24) is 5.32 Å².